The molecule has 44 heavy (non-hydrogen) atoms. The van der Waals surface area contributed by atoms with E-state index < -0.39 is 37.2 Å². The van der Waals surface area contributed by atoms with Crippen molar-refractivity contribution in [3.05, 3.63) is 172 Å². The third-order valence-electron chi connectivity index (χ3n) is 6.73. The normalized spacial score (nSPS) is 9.66. The molecule has 0 unspecified atom stereocenters. The number of hydrogen-bond donors (Lipinski definition) is 0. The van der Waals surface area contributed by atoms with Gasteiger partial charge in [-0.3, -0.25) is 0 Å². The first kappa shape index (κ1) is 39.4. The number of benzene rings is 5. The van der Waals surface area contributed by atoms with Gasteiger partial charge in [0.15, 0.2) is 0 Å². The first-order valence-corrected chi connectivity index (χ1v) is 22.0. The molecule has 0 aromatic heterocycles. The minimum absolute atomic E-state index is 0. The fourth-order valence-corrected chi connectivity index (χ4v) is 21.4. The van der Waals surface area contributed by atoms with Crippen LogP contribution in [0.3, 0.4) is 0 Å². The quantitative estimate of drug-likeness (QED) is 0.0787. The van der Waals surface area contributed by atoms with Crippen molar-refractivity contribution < 1.29 is 31.3 Å². The van der Waals surface area contributed by atoms with Crippen LogP contribution in [0.2, 0.25) is 10.4 Å². The first-order chi connectivity index (χ1) is 21.4. The molecule has 0 amide bonds. The second-order valence-electron chi connectivity index (χ2n) is 9.12. The SMILES string of the molecule is [C-]#[O+].[C-]#[O+].[C-]#[O+].[Cr].c1ccc([PH+](CC[As](c2ccccc2)c2ccccc2)CC[As](c2ccccc2)c2ccccc2)cc1. The zero-order valence-electron chi connectivity index (χ0n) is 24.3. The molecule has 0 atom stereocenters. The van der Waals surface area contributed by atoms with Gasteiger partial charge in [0.25, 0.3) is 0 Å². The summed E-state index contributed by atoms with van der Waals surface area (Å²) in [5.41, 5.74) is 0. The van der Waals surface area contributed by atoms with Gasteiger partial charge in [0.2, 0.25) is 0 Å². The van der Waals surface area contributed by atoms with Crippen molar-refractivity contribution in [2.24, 2.45) is 0 Å². The van der Waals surface area contributed by atoms with E-state index in [1.165, 1.54) is 22.7 Å². The molecule has 7 heteroatoms. The Labute approximate surface area is 283 Å². The van der Waals surface area contributed by atoms with Gasteiger partial charge in [0.05, 0.1) is 0 Å². The molecule has 0 aliphatic rings. The van der Waals surface area contributed by atoms with Gasteiger partial charge in [-0.15, -0.1) is 0 Å². The predicted octanol–water partition coefficient (Wildman–Crippen LogP) is 5.03. The Morgan fingerprint density at radius 3 is 0.864 bits per heavy atom. The number of hydrogen-bond acceptors (Lipinski definition) is 0. The summed E-state index contributed by atoms with van der Waals surface area (Å²) in [6.07, 6.45) is 2.70. The van der Waals surface area contributed by atoms with E-state index in [1.54, 1.807) is 22.7 Å². The molecule has 0 N–H and O–H groups in total. The zero-order valence-corrected chi connectivity index (χ0v) is 30.3. The van der Waals surface area contributed by atoms with Gasteiger partial charge in [-0.2, -0.15) is 0 Å². The summed E-state index contributed by atoms with van der Waals surface area (Å²) in [5.74, 6) is 0. The van der Waals surface area contributed by atoms with E-state index in [4.69, 9.17) is 14.0 Å². The van der Waals surface area contributed by atoms with Crippen LogP contribution in [0.5, 0.6) is 0 Å². The van der Waals surface area contributed by atoms with E-state index >= 15 is 0 Å². The molecular formula is C37H34As2CrO3P+. The molecule has 0 saturated carbocycles. The van der Waals surface area contributed by atoms with Crippen LogP contribution in [-0.4, -0.2) is 41.6 Å². The van der Waals surface area contributed by atoms with Crippen LogP contribution >= 0.6 is 7.92 Å². The first-order valence-electron chi connectivity index (χ1n) is 13.6. The Balaban J connectivity index is 0.00000130. The zero-order chi connectivity index (χ0) is 31.1. The fourth-order valence-electron chi connectivity index (χ4n) is 4.83. The molecule has 0 saturated heterocycles. The van der Waals surface area contributed by atoms with E-state index in [9.17, 15) is 0 Å². The molecule has 5 rings (SSSR count). The maximum absolute atomic E-state index is 7.50. The molecule has 0 bridgehead atoms. The van der Waals surface area contributed by atoms with Gasteiger partial charge >= 0.3 is 268 Å². The molecule has 0 radical (unpaired) electrons. The van der Waals surface area contributed by atoms with Crippen molar-refractivity contribution in [3.63, 3.8) is 0 Å². The second-order valence-corrected chi connectivity index (χ2v) is 21.7. The Hall–Kier alpha value is -2.60. The van der Waals surface area contributed by atoms with Gasteiger partial charge < -0.3 is 0 Å². The Kier molecular flexibility index (Phi) is 22.1. The molecule has 0 fully saturated rings. The van der Waals surface area contributed by atoms with Crippen molar-refractivity contribution in [2.75, 3.05) is 12.3 Å². The average Bonchev–Trinajstić information content (AvgIpc) is 3.12. The molecule has 0 spiro atoms. The maximum atomic E-state index is 7.50. The molecular weight excluding hydrogens is 725 g/mol. The third kappa shape index (κ3) is 12.8. The van der Waals surface area contributed by atoms with Crippen molar-refractivity contribution in [2.45, 2.75) is 10.4 Å². The summed E-state index contributed by atoms with van der Waals surface area (Å²) in [4.78, 5) is 0. The summed E-state index contributed by atoms with van der Waals surface area (Å²) in [7, 11) is -0.667. The van der Waals surface area contributed by atoms with Crippen molar-refractivity contribution in [3.8, 4) is 0 Å². The third-order valence-corrected chi connectivity index (χ3v) is 22.0. The van der Waals surface area contributed by atoms with Gasteiger partial charge in [0.1, 0.15) is 0 Å². The van der Waals surface area contributed by atoms with Gasteiger partial charge in [-0.05, 0) is 0 Å². The summed E-state index contributed by atoms with van der Waals surface area (Å²) in [6, 6.07) is 56.8. The van der Waals surface area contributed by atoms with Crippen molar-refractivity contribution in [1.29, 1.82) is 0 Å². The van der Waals surface area contributed by atoms with Crippen molar-refractivity contribution >= 4 is 59.9 Å². The topological polar surface area (TPSA) is 59.7 Å². The number of rotatable bonds is 11. The Morgan fingerprint density at radius 2 is 0.614 bits per heavy atom. The van der Waals surface area contributed by atoms with Gasteiger partial charge in [-0.1, -0.05) is 0 Å². The summed E-state index contributed by atoms with van der Waals surface area (Å²) >= 11 is -2.69. The van der Waals surface area contributed by atoms with Crippen LogP contribution in [-0.2, 0) is 31.3 Å². The van der Waals surface area contributed by atoms with E-state index in [0.29, 0.717) is 0 Å². The van der Waals surface area contributed by atoms with E-state index in [0.717, 1.165) is 0 Å². The molecule has 5 aromatic carbocycles. The van der Waals surface area contributed by atoms with E-state index in [-0.39, 0.29) is 17.4 Å². The monoisotopic (exact) mass is 759 g/mol. The van der Waals surface area contributed by atoms with Gasteiger partial charge in [0, 0.05) is 17.4 Å². The second kappa shape index (κ2) is 24.7. The molecule has 3 nitrogen and oxygen atoms in total. The molecule has 5 aromatic rings. The molecule has 0 heterocycles. The van der Waals surface area contributed by atoms with Crippen LogP contribution in [0.4, 0.5) is 0 Å². The Bertz CT molecular complexity index is 1290. The molecule has 0 aliphatic heterocycles. The Morgan fingerprint density at radius 1 is 0.386 bits per heavy atom. The summed E-state index contributed by atoms with van der Waals surface area (Å²) in [5, 5.41) is 4.29. The fraction of sp³-hybridized carbons (Fsp3) is 0.108. The van der Waals surface area contributed by atoms with E-state index in [2.05, 4.69) is 172 Å². The van der Waals surface area contributed by atoms with Crippen LogP contribution in [0.25, 0.3) is 0 Å². The minimum atomic E-state index is -1.35. The van der Waals surface area contributed by atoms with E-state index in [1.807, 2.05) is 0 Å². The summed E-state index contributed by atoms with van der Waals surface area (Å²) < 4.78 is 28.8. The molecule has 220 valence electrons. The standard InChI is InChI=1S/C34H33As2P.3CO.Cr/c1-6-16-30(17-7-1)35(31-18-8-2-9-19-31)26-28-37(34-24-14-5-15-25-34)29-27-36(32-20-10-3-11-21-32)33-22-12-4-13-23-33;3*1-2;/h1-25H,26-29H2;;;;/p+1. The van der Waals surface area contributed by atoms with Crippen molar-refractivity contribution in [1.82, 2.24) is 0 Å². The molecule has 0 aliphatic carbocycles. The van der Waals surface area contributed by atoms with Crippen LogP contribution in [0.15, 0.2) is 152 Å². The van der Waals surface area contributed by atoms with Crippen LogP contribution < -0.4 is 22.7 Å². The average molecular weight is 759 g/mol. The predicted molar refractivity (Wildman–Crippen MR) is 181 cm³/mol. The van der Waals surface area contributed by atoms with Crippen LogP contribution in [0.1, 0.15) is 0 Å². The summed E-state index contributed by atoms with van der Waals surface area (Å²) in [6.45, 7) is 13.5. The van der Waals surface area contributed by atoms with Gasteiger partial charge in [-0.25, -0.2) is 0 Å². The van der Waals surface area contributed by atoms with Crippen LogP contribution in [0, 0.1) is 20.0 Å².